The number of hydrogen-bond acceptors (Lipinski definition) is 2. The van der Waals surface area contributed by atoms with Gasteiger partial charge in [-0.2, -0.15) is 13.1 Å². The molecule has 0 amide bonds. The number of benzene rings is 2. The molecule has 0 spiro atoms. The molecule has 2 aromatic rings. The number of halogens is 1. The highest BCUT2D eigenvalue weighted by molar-refractivity contribution is 7.90. The second-order valence-electron chi connectivity index (χ2n) is 4.91. The average molecular weight is 322 g/mol. The zero-order chi connectivity index (χ0) is 16.0. The molecule has 2 N–H and O–H groups in total. The maximum Gasteiger partial charge on any atom is 0.299 e. The van der Waals surface area contributed by atoms with Crippen molar-refractivity contribution in [3.05, 3.63) is 54.3 Å². The van der Waals surface area contributed by atoms with Crippen LogP contribution in [0.1, 0.15) is 19.8 Å². The Morgan fingerprint density at radius 3 is 2.41 bits per heavy atom. The Hall–Kier alpha value is -1.92. The maximum atomic E-state index is 14.1. The molecular formula is C16H19FN2O2S. The van der Waals surface area contributed by atoms with Crippen molar-refractivity contribution < 1.29 is 12.8 Å². The van der Waals surface area contributed by atoms with Gasteiger partial charge in [0.2, 0.25) is 0 Å². The topological polar surface area (TPSA) is 58.2 Å². The van der Waals surface area contributed by atoms with Crippen molar-refractivity contribution in [2.45, 2.75) is 19.8 Å². The van der Waals surface area contributed by atoms with E-state index in [1.165, 1.54) is 12.1 Å². The molecule has 0 atom stereocenters. The Morgan fingerprint density at radius 2 is 1.77 bits per heavy atom. The first-order valence-corrected chi connectivity index (χ1v) is 8.62. The van der Waals surface area contributed by atoms with Gasteiger partial charge in [0.15, 0.2) is 0 Å². The van der Waals surface area contributed by atoms with E-state index in [0.717, 1.165) is 18.4 Å². The van der Waals surface area contributed by atoms with Crippen LogP contribution >= 0.6 is 0 Å². The van der Waals surface area contributed by atoms with Crippen molar-refractivity contribution in [2.24, 2.45) is 0 Å². The van der Waals surface area contributed by atoms with Crippen molar-refractivity contribution in [3.8, 4) is 11.1 Å². The molecular weight excluding hydrogens is 303 g/mol. The minimum Gasteiger partial charge on any atom is -0.268 e. The number of anilines is 1. The lowest BCUT2D eigenvalue weighted by atomic mass is 10.1. The summed E-state index contributed by atoms with van der Waals surface area (Å²) in [5.74, 6) is -0.609. The summed E-state index contributed by atoms with van der Waals surface area (Å²) in [4.78, 5) is 0. The summed E-state index contributed by atoms with van der Waals surface area (Å²) in [6.45, 7) is 2.29. The van der Waals surface area contributed by atoms with E-state index in [9.17, 15) is 12.8 Å². The van der Waals surface area contributed by atoms with Gasteiger partial charge in [-0.25, -0.2) is 4.39 Å². The van der Waals surface area contributed by atoms with E-state index in [1.807, 2.05) is 37.3 Å². The smallest absolute Gasteiger partial charge is 0.268 e. The van der Waals surface area contributed by atoms with Crippen molar-refractivity contribution in [1.82, 2.24) is 4.72 Å². The van der Waals surface area contributed by atoms with E-state index < -0.39 is 16.0 Å². The van der Waals surface area contributed by atoms with Crippen LogP contribution in [0.5, 0.6) is 0 Å². The molecule has 2 aromatic carbocycles. The van der Waals surface area contributed by atoms with Crippen LogP contribution in [0.2, 0.25) is 0 Å². The van der Waals surface area contributed by atoms with Gasteiger partial charge in [-0.3, -0.25) is 4.72 Å². The highest BCUT2D eigenvalue weighted by Crippen LogP contribution is 2.24. The summed E-state index contributed by atoms with van der Waals surface area (Å²) in [6, 6.07) is 13.8. The first-order valence-electron chi connectivity index (χ1n) is 7.14. The van der Waals surface area contributed by atoms with Crippen LogP contribution in [0.3, 0.4) is 0 Å². The second-order valence-corrected chi connectivity index (χ2v) is 6.41. The standard InChI is InChI=1S/C16H19FN2O2S/c1-2-3-11-18-22(20,21)19-16-10-9-14(12-15(16)17)13-7-5-4-6-8-13/h4-10,12,18-19H,2-3,11H2,1H3. The predicted molar refractivity (Wildman–Crippen MR) is 87.3 cm³/mol. The third kappa shape index (κ3) is 4.54. The lowest BCUT2D eigenvalue weighted by molar-refractivity contribution is 0.582. The summed E-state index contributed by atoms with van der Waals surface area (Å²) in [6.07, 6.45) is 1.61. The summed E-state index contributed by atoms with van der Waals surface area (Å²) in [7, 11) is -3.75. The molecule has 0 aromatic heterocycles. The van der Waals surface area contributed by atoms with Crippen molar-refractivity contribution in [3.63, 3.8) is 0 Å². The normalized spacial score (nSPS) is 11.4. The van der Waals surface area contributed by atoms with Gasteiger partial charge in [0.05, 0.1) is 5.69 Å². The van der Waals surface area contributed by atoms with E-state index in [0.29, 0.717) is 12.1 Å². The van der Waals surface area contributed by atoms with Crippen molar-refractivity contribution in [1.29, 1.82) is 0 Å². The quantitative estimate of drug-likeness (QED) is 0.766. The summed E-state index contributed by atoms with van der Waals surface area (Å²) >= 11 is 0. The predicted octanol–water partition coefficient (Wildman–Crippen LogP) is 3.54. The fourth-order valence-corrected chi connectivity index (χ4v) is 2.91. The molecule has 0 radical (unpaired) electrons. The Kier molecular flexibility index (Phi) is 5.51. The lowest BCUT2D eigenvalue weighted by Gasteiger charge is -2.11. The highest BCUT2D eigenvalue weighted by Gasteiger charge is 2.12. The minimum atomic E-state index is -3.75. The Labute approximate surface area is 130 Å². The minimum absolute atomic E-state index is 0.0660. The SMILES string of the molecule is CCCCNS(=O)(=O)Nc1ccc(-c2ccccc2)cc1F. The molecule has 118 valence electrons. The van der Waals surface area contributed by atoms with Crippen LogP contribution in [0.4, 0.5) is 10.1 Å². The monoisotopic (exact) mass is 322 g/mol. The van der Waals surface area contributed by atoms with E-state index in [-0.39, 0.29) is 5.69 Å². The van der Waals surface area contributed by atoms with Crippen LogP contribution < -0.4 is 9.44 Å². The van der Waals surface area contributed by atoms with Crippen LogP contribution in [-0.2, 0) is 10.2 Å². The van der Waals surface area contributed by atoms with Crippen molar-refractivity contribution in [2.75, 3.05) is 11.3 Å². The van der Waals surface area contributed by atoms with E-state index >= 15 is 0 Å². The van der Waals surface area contributed by atoms with Gasteiger partial charge in [0.1, 0.15) is 5.82 Å². The number of rotatable bonds is 7. The molecule has 0 unspecified atom stereocenters. The fraction of sp³-hybridized carbons (Fsp3) is 0.250. The molecule has 0 saturated carbocycles. The van der Waals surface area contributed by atoms with Gasteiger partial charge < -0.3 is 0 Å². The molecule has 2 rings (SSSR count). The molecule has 4 nitrogen and oxygen atoms in total. The average Bonchev–Trinajstić information content (AvgIpc) is 2.50. The zero-order valence-electron chi connectivity index (χ0n) is 12.3. The third-order valence-electron chi connectivity index (χ3n) is 3.14. The molecule has 0 fully saturated rings. The van der Waals surface area contributed by atoms with Gasteiger partial charge in [-0.05, 0) is 29.7 Å². The molecule has 0 bridgehead atoms. The zero-order valence-corrected chi connectivity index (χ0v) is 13.2. The molecule has 0 aliphatic heterocycles. The number of hydrogen-bond donors (Lipinski definition) is 2. The van der Waals surface area contributed by atoms with E-state index in [2.05, 4.69) is 9.44 Å². The molecule has 6 heteroatoms. The lowest BCUT2D eigenvalue weighted by Crippen LogP contribution is -2.31. The van der Waals surface area contributed by atoms with Crippen LogP contribution in [-0.4, -0.2) is 15.0 Å². The van der Waals surface area contributed by atoms with Gasteiger partial charge in [0.25, 0.3) is 10.2 Å². The van der Waals surface area contributed by atoms with Gasteiger partial charge >= 0.3 is 0 Å². The van der Waals surface area contributed by atoms with Gasteiger partial charge in [0, 0.05) is 6.54 Å². The Morgan fingerprint density at radius 1 is 1.05 bits per heavy atom. The van der Waals surface area contributed by atoms with Crippen LogP contribution in [0.25, 0.3) is 11.1 Å². The van der Waals surface area contributed by atoms with Gasteiger partial charge in [-0.1, -0.05) is 49.7 Å². The molecule has 0 aliphatic rings. The number of unbranched alkanes of at least 4 members (excludes halogenated alkanes) is 1. The first kappa shape index (κ1) is 16.5. The first-order chi connectivity index (χ1) is 10.5. The number of nitrogens with one attached hydrogen (secondary N) is 2. The molecule has 0 saturated heterocycles. The highest BCUT2D eigenvalue weighted by atomic mass is 32.2. The van der Waals surface area contributed by atoms with Crippen LogP contribution in [0.15, 0.2) is 48.5 Å². The third-order valence-corrected chi connectivity index (χ3v) is 4.22. The molecule has 0 heterocycles. The van der Waals surface area contributed by atoms with Gasteiger partial charge in [-0.15, -0.1) is 0 Å². The molecule has 0 aliphatic carbocycles. The largest absolute Gasteiger partial charge is 0.299 e. The summed E-state index contributed by atoms with van der Waals surface area (Å²) in [5.41, 5.74) is 1.50. The van der Waals surface area contributed by atoms with E-state index in [1.54, 1.807) is 6.07 Å². The van der Waals surface area contributed by atoms with E-state index in [4.69, 9.17) is 0 Å². The Balaban J connectivity index is 2.13. The Bertz CT molecular complexity index is 718. The van der Waals surface area contributed by atoms with Crippen LogP contribution in [0, 0.1) is 5.82 Å². The van der Waals surface area contributed by atoms with Crippen molar-refractivity contribution >= 4 is 15.9 Å². The molecule has 22 heavy (non-hydrogen) atoms. The summed E-state index contributed by atoms with van der Waals surface area (Å²) in [5, 5.41) is 0. The maximum absolute atomic E-state index is 14.1. The second kappa shape index (κ2) is 7.38. The summed E-state index contributed by atoms with van der Waals surface area (Å²) < 4.78 is 42.3. The fourth-order valence-electron chi connectivity index (χ4n) is 1.97.